The van der Waals surface area contributed by atoms with Crippen LogP contribution in [0, 0.1) is 11.8 Å². The summed E-state index contributed by atoms with van der Waals surface area (Å²) in [5, 5.41) is 0. The number of hydrogen-bond acceptors (Lipinski definition) is 9. The molecule has 1 amide bonds. The number of anilines is 1. The van der Waals surface area contributed by atoms with Crippen molar-refractivity contribution in [3.8, 4) is 11.5 Å². The zero-order chi connectivity index (χ0) is 24.9. The minimum atomic E-state index is -1.70. The van der Waals surface area contributed by atoms with E-state index in [4.69, 9.17) is 23.7 Å². The SMILES string of the molecule is COc1ccc2c3c1O[C@H](OC)C(=O)N3[C@]1(OC(C)=O)[C@@H]3O[C@H](C)[C@@H]4C(=O)[C@]21CCN(C)CC[C@@H]43. The molecule has 35 heavy (non-hydrogen) atoms. The molecule has 1 aromatic carbocycles. The van der Waals surface area contributed by atoms with Gasteiger partial charge in [0.15, 0.2) is 17.3 Å². The summed E-state index contributed by atoms with van der Waals surface area (Å²) >= 11 is 0. The van der Waals surface area contributed by atoms with E-state index in [1.54, 1.807) is 12.1 Å². The van der Waals surface area contributed by atoms with Gasteiger partial charge in [-0.1, -0.05) is 6.07 Å². The third kappa shape index (κ3) is 2.52. The van der Waals surface area contributed by atoms with Crippen LogP contribution in [-0.4, -0.2) is 81.1 Å². The number of esters is 1. The quantitative estimate of drug-likeness (QED) is 0.584. The molecule has 1 aliphatic carbocycles. The lowest BCUT2D eigenvalue weighted by molar-refractivity contribution is -0.203. The van der Waals surface area contributed by atoms with Gasteiger partial charge in [-0.15, -0.1) is 0 Å². The van der Waals surface area contributed by atoms with E-state index in [-0.39, 0.29) is 29.5 Å². The molecule has 0 N–H and O–H groups in total. The predicted octanol–water partition coefficient (Wildman–Crippen LogP) is 1.23. The molecule has 6 rings (SSSR count). The summed E-state index contributed by atoms with van der Waals surface area (Å²) < 4.78 is 29.7. The van der Waals surface area contributed by atoms with Gasteiger partial charge >= 0.3 is 5.97 Å². The first kappa shape index (κ1) is 22.8. The fourth-order valence-corrected chi connectivity index (χ4v) is 7.35. The Kier molecular flexibility index (Phi) is 4.82. The highest BCUT2D eigenvalue weighted by Gasteiger charge is 2.82. The molecule has 0 aromatic heterocycles. The van der Waals surface area contributed by atoms with Crippen molar-refractivity contribution in [2.45, 2.75) is 56.3 Å². The highest BCUT2D eigenvalue weighted by atomic mass is 16.7. The molecule has 188 valence electrons. The molecule has 7 atom stereocenters. The van der Waals surface area contributed by atoms with Gasteiger partial charge in [0, 0.05) is 20.0 Å². The van der Waals surface area contributed by atoms with Gasteiger partial charge in [-0.3, -0.25) is 19.3 Å². The van der Waals surface area contributed by atoms with Gasteiger partial charge in [-0.25, -0.2) is 0 Å². The fraction of sp³-hybridized carbons (Fsp3) is 0.640. The standard InChI is InChI=1S/C25H30N2O8/c1-12-17-14-8-10-26(3)11-9-24(20(17)29)15-6-7-16(31-4)19-18(15)27(22(30)23(32-5)34-19)25(24,21(14)33-12)35-13(2)28/h6-7,12,14,17,21,23H,8-11H2,1-5H3/t12-,14+,17+,21-,23+,24+,25+/m1/s1. The van der Waals surface area contributed by atoms with Crippen LogP contribution in [0.5, 0.6) is 11.5 Å². The van der Waals surface area contributed by atoms with Crippen molar-refractivity contribution in [3.63, 3.8) is 0 Å². The summed E-state index contributed by atoms with van der Waals surface area (Å²) in [4.78, 5) is 45.1. The smallest absolute Gasteiger partial charge is 0.304 e. The number of methoxy groups -OCH3 is 2. The molecular weight excluding hydrogens is 456 g/mol. The highest BCUT2D eigenvalue weighted by Crippen LogP contribution is 2.69. The molecule has 10 nitrogen and oxygen atoms in total. The molecular formula is C25H30N2O8. The van der Waals surface area contributed by atoms with Crippen LogP contribution in [0.2, 0.25) is 0 Å². The third-order valence-electron chi connectivity index (χ3n) is 8.64. The second-order valence-electron chi connectivity index (χ2n) is 10.2. The molecule has 2 saturated heterocycles. The maximum absolute atomic E-state index is 14.7. The molecule has 4 heterocycles. The first-order valence-corrected chi connectivity index (χ1v) is 12.1. The third-order valence-corrected chi connectivity index (χ3v) is 8.64. The van der Waals surface area contributed by atoms with E-state index >= 15 is 0 Å². The van der Waals surface area contributed by atoms with E-state index in [1.807, 2.05) is 14.0 Å². The number of rotatable bonds is 3. The molecule has 4 aliphatic heterocycles. The van der Waals surface area contributed by atoms with Gasteiger partial charge in [-0.2, -0.15) is 0 Å². The van der Waals surface area contributed by atoms with E-state index in [0.717, 1.165) is 6.54 Å². The zero-order valence-electron chi connectivity index (χ0n) is 20.5. The summed E-state index contributed by atoms with van der Waals surface area (Å²) in [5.41, 5.74) is -2.04. The van der Waals surface area contributed by atoms with Crippen molar-refractivity contribution < 1.29 is 38.1 Å². The van der Waals surface area contributed by atoms with E-state index < -0.39 is 35.4 Å². The average molecular weight is 487 g/mol. The molecule has 0 radical (unpaired) electrons. The largest absolute Gasteiger partial charge is 0.493 e. The summed E-state index contributed by atoms with van der Waals surface area (Å²) in [6, 6.07) is 3.54. The summed E-state index contributed by atoms with van der Waals surface area (Å²) in [7, 11) is 4.89. The first-order valence-electron chi connectivity index (χ1n) is 12.1. The normalized spacial score (nSPS) is 39.3. The Morgan fingerprint density at radius 3 is 2.66 bits per heavy atom. The van der Waals surface area contributed by atoms with Crippen molar-refractivity contribution in [3.05, 3.63) is 17.7 Å². The second-order valence-corrected chi connectivity index (χ2v) is 10.2. The lowest BCUT2D eigenvalue weighted by Crippen LogP contribution is -2.76. The lowest BCUT2D eigenvalue weighted by Gasteiger charge is -2.54. The van der Waals surface area contributed by atoms with Crippen LogP contribution in [0.3, 0.4) is 0 Å². The van der Waals surface area contributed by atoms with Gasteiger partial charge < -0.3 is 28.6 Å². The van der Waals surface area contributed by atoms with Crippen LogP contribution in [0.25, 0.3) is 0 Å². The van der Waals surface area contributed by atoms with Gasteiger partial charge in [0.05, 0.1) is 24.8 Å². The van der Waals surface area contributed by atoms with Crippen LogP contribution >= 0.6 is 0 Å². The molecule has 5 aliphatic rings. The summed E-state index contributed by atoms with van der Waals surface area (Å²) in [5.74, 6) is -1.10. The predicted molar refractivity (Wildman–Crippen MR) is 121 cm³/mol. The van der Waals surface area contributed by atoms with Gasteiger partial charge in [0.25, 0.3) is 12.2 Å². The molecule has 3 fully saturated rings. The van der Waals surface area contributed by atoms with Crippen LogP contribution < -0.4 is 14.4 Å². The Bertz CT molecular complexity index is 1140. The van der Waals surface area contributed by atoms with E-state index in [2.05, 4.69) is 4.90 Å². The van der Waals surface area contributed by atoms with Gasteiger partial charge in [0.2, 0.25) is 5.72 Å². The molecule has 1 aromatic rings. The Morgan fingerprint density at radius 2 is 1.97 bits per heavy atom. The molecule has 4 bridgehead atoms. The number of Topliss-reactive ketones (excluding diaryl/α,β-unsaturated/α-hetero) is 1. The molecule has 1 spiro atoms. The maximum Gasteiger partial charge on any atom is 0.304 e. The number of carbonyl (C=O) groups excluding carboxylic acids is 3. The zero-order valence-corrected chi connectivity index (χ0v) is 20.5. The van der Waals surface area contributed by atoms with Crippen LogP contribution in [0.15, 0.2) is 12.1 Å². The van der Waals surface area contributed by atoms with Crippen LogP contribution in [0.1, 0.15) is 32.3 Å². The van der Waals surface area contributed by atoms with E-state index in [1.165, 1.54) is 26.0 Å². The average Bonchev–Trinajstić information content (AvgIpc) is 3.28. The van der Waals surface area contributed by atoms with Crippen molar-refractivity contribution in [1.82, 2.24) is 4.90 Å². The Balaban J connectivity index is 1.74. The van der Waals surface area contributed by atoms with Crippen molar-refractivity contribution in [2.75, 3.05) is 39.3 Å². The van der Waals surface area contributed by atoms with Gasteiger partial charge in [0.1, 0.15) is 11.5 Å². The topological polar surface area (TPSA) is 104 Å². The second kappa shape index (κ2) is 7.41. The molecule has 10 heteroatoms. The van der Waals surface area contributed by atoms with Crippen molar-refractivity contribution in [2.24, 2.45) is 11.8 Å². The number of carbonyl (C=O) groups is 3. The maximum atomic E-state index is 14.7. The number of ketones is 1. The Labute approximate surface area is 203 Å². The van der Waals surface area contributed by atoms with E-state index in [9.17, 15) is 14.4 Å². The van der Waals surface area contributed by atoms with Crippen LogP contribution in [0.4, 0.5) is 5.69 Å². The highest BCUT2D eigenvalue weighted by molar-refractivity contribution is 6.11. The summed E-state index contributed by atoms with van der Waals surface area (Å²) in [6.07, 6.45) is -1.33. The van der Waals surface area contributed by atoms with Crippen LogP contribution in [-0.2, 0) is 34.0 Å². The number of ether oxygens (including phenoxy) is 5. The summed E-state index contributed by atoms with van der Waals surface area (Å²) in [6.45, 7) is 4.55. The minimum Gasteiger partial charge on any atom is -0.493 e. The number of hydrogen-bond donors (Lipinski definition) is 0. The minimum absolute atomic E-state index is 0.0520. The van der Waals surface area contributed by atoms with Crippen molar-refractivity contribution >= 4 is 23.3 Å². The monoisotopic (exact) mass is 486 g/mol. The van der Waals surface area contributed by atoms with E-state index in [0.29, 0.717) is 36.4 Å². The number of amides is 1. The first-order chi connectivity index (χ1) is 16.7. The van der Waals surface area contributed by atoms with Crippen molar-refractivity contribution in [1.29, 1.82) is 0 Å². The lowest BCUT2D eigenvalue weighted by atomic mass is 9.55. The number of fused-ring (bicyclic) bond motifs is 2. The van der Waals surface area contributed by atoms with Gasteiger partial charge in [-0.05, 0) is 51.5 Å². The molecule has 1 saturated carbocycles. The fourth-order valence-electron chi connectivity index (χ4n) is 7.35. The number of nitrogens with zero attached hydrogens (tertiary/aromatic N) is 2. The molecule has 0 unspecified atom stereocenters. The number of benzene rings is 1. The Morgan fingerprint density at radius 1 is 1.20 bits per heavy atom. The Hall–Kier alpha value is -2.69.